The van der Waals surface area contributed by atoms with Crippen LogP contribution in [0.15, 0.2) is 24.3 Å². The van der Waals surface area contributed by atoms with Crippen molar-refractivity contribution in [2.75, 3.05) is 20.2 Å². The molecule has 1 aromatic carbocycles. The Hall–Kier alpha value is -2.88. The number of hydrogen-bond acceptors (Lipinski definition) is 5. The number of hydrogen-bond donors (Lipinski definition) is 1. The Balaban J connectivity index is 1.80. The molecular weight excluding hydrogens is 322 g/mol. The number of carbonyl (C=O) groups excluding carboxylic acids is 3. The zero-order valence-corrected chi connectivity index (χ0v) is 14.2. The number of amides is 2. The molecule has 0 bridgehead atoms. The van der Waals surface area contributed by atoms with E-state index in [9.17, 15) is 14.4 Å². The van der Waals surface area contributed by atoms with Gasteiger partial charge in [-0.25, -0.2) is 0 Å². The number of carbonyl (C=O) groups is 3. The Kier molecular flexibility index (Phi) is 6.52. The second kappa shape index (κ2) is 8.83. The van der Waals surface area contributed by atoms with E-state index in [1.54, 1.807) is 29.2 Å². The average molecular weight is 343 g/mol. The van der Waals surface area contributed by atoms with Crippen molar-refractivity contribution in [3.8, 4) is 6.07 Å². The molecule has 7 heteroatoms. The SMILES string of the molecule is COC(=O)CCC(=O)N1CCC(NC(=O)c2cccc(C#N)c2)CC1. The average Bonchev–Trinajstić information content (AvgIpc) is 2.66. The first-order valence-electron chi connectivity index (χ1n) is 8.19. The van der Waals surface area contributed by atoms with Gasteiger partial charge in [0.05, 0.1) is 25.2 Å². The summed E-state index contributed by atoms with van der Waals surface area (Å²) in [5.41, 5.74) is 0.898. The minimum Gasteiger partial charge on any atom is -0.469 e. The number of likely N-dealkylation sites (tertiary alicyclic amines) is 1. The van der Waals surface area contributed by atoms with Crippen LogP contribution in [-0.2, 0) is 14.3 Å². The molecule has 1 heterocycles. The van der Waals surface area contributed by atoms with Crippen LogP contribution < -0.4 is 5.32 Å². The van der Waals surface area contributed by atoms with Gasteiger partial charge in [-0.1, -0.05) is 6.07 Å². The Morgan fingerprint density at radius 3 is 2.64 bits per heavy atom. The number of nitrogens with one attached hydrogen (secondary N) is 1. The number of methoxy groups -OCH3 is 1. The van der Waals surface area contributed by atoms with Crippen molar-refractivity contribution < 1.29 is 19.1 Å². The highest BCUT2D eigenvalue weighted by atomic mass is 16.5. The Morgan fingerprint density at radius 2 is 2.00 bits per heavy atom. The van der Waals surface area contributed by atoms with Crippen molar-refractivity contribution in [2.24, 2.45) is 0 Å². The first-order valence-corrected chi connectivity index (χ1v) is 8.19. The lowest BCUT2D eigenvalue weighted by molar-refractivity contribution is -0.143. The highest BCUT2D eigenvalue weighted by Crippen LogP contribution is 2.13. The number of rotatable bonds is 5. The fourth-order valence-electron chi connectivity index (χ4n) is 2.74. The lowest BCUT2D eigenvalue weighted by Crippen LogP contribution is -2.46. The molecule has 0 spiro atoms. The second-order valence-electron chi connectivity index (χ2n) is 5.90. The summed E-state index contributed by atoms with van der Waals surface area (Å²) in [5.74, 6) is -0.681. The summed E-state index contributed by atoms with van der Waals surface area (Å²) in [4.78, 5) is 37.1. The maximum Gasteiger partial charge on any atom is 0.306 e. The zero-order valence-electron chi connectivity index (χ0n) is 14.2. The van der Waals surface area contributed by atoms with Crippen LogP contribution in [0, 0.1) is 11.3 Å². The van der Waals surface area contributed by atoms with Crippen molar-refractivity contribution in [2.45, 2.75) is 31.7 Å². The Morgan fingerprint density at radius 1 is 1.28 bits per heavy atom. The van der Waals surface area contributed by atoms with E-state index in [-0.39, 0.29) is 30.7 Å². The molecule has 0 aromatic heterocycles. The van der Waals surface area contributed by atoms with Gasteiger partial charge in [-0.15, -0.1) is 0 Å². The van der Waals surface area contributed by atoms with Gasteiger partial charge in [-0.3, -0.25) is 14.4 Å². The molecule has 0 radical (unpaired) electrons. The molecule has 0 atom stereocenters. The molecule has 1 aliphatic heterocycles. The molecule has 2 amide bonds. The highest BCUT2D eigenvalue weighted by molar-refractivity contribution is 5.94. The van der Waals surface area contributed by atoms with Crippen LogP contribution in [0.2, 0.25) is 0 Å². The predicted octanol–water partition coefficient (Wildman–Crippen LogP) is 1.23. The molecule has 1 aromatic rings. The van der Waals surface area contributed by atoms with Crippen molar-refractivity contribution in [1.29, 1.82) is 5.26 Å². The van der Waals surface area contributed by atoms with E-state index in [4.69, 9.17) is 5.26 Å². The molecule has 1 saturated heterocycles. The van der Waals surface area contributed by atoms with Crippen LogP contribution in [0.1, 0.15) is 41.6 Å². The third-order valence-electron chi connectivity index (χ3n) is 4.21. The predicted molar refractivity (Wildman–Crippen MR) is 89.5 cm³/mol. The Bertz CT molecular complexity index is 688. The molecule has 0 unspecified atom stereocenters. The molecule has 132 valence electrons. The van der Waals surface area contributed by atoms with E-state index < -0.39 is 5.97 Å². The molecule has 1 fully saturated rings. The summed E-state index contributed by atoms with van der Waals surface area (Å²) < 4.78 is 4.53. The van der Waals surface area contributed by atoms with Crippen LogP contribution >= 0.6 is 0 Å². The molecule has 7 nitrogen and oxygen atoms in total. The van der Waals surface area contributed by atoms with Crippen molar-refractivity contribution in [3.63, 3.8) is 0 Å². The van der Waals surface area contributed by atoms with Gasteiger partial charge in [0.2, 0.25) is 5.91 Å². The zero-order chi connectivity index (χ0) is 18.2. The van der Waals surface area contributed by atoms with E-state index >= 15 is 0 Å². The van der Waals surface area contributed by atoms with E-state index in [1.165, 1.54) is 7.11 Å². The van der Waals surface area contributed by atoms with Crippen LogP contribution in [0.3, 0.4) is 0 Å². The fraction of sp³-hybridized carbons (Fsp3) is 0.444. The van der Waals surface area contributed by atoms with Gasteiger partial charge in [0.15, 0.2) is 0 Å². The largest absolute Gasteiger partial charge is 0.469 e. The first-order chi connectivity index (χ1) is 12.0. The van der Waals surface area contributed by atoms with Gasteiger partial charge >= 0.3 is 5.97 Å². The summed E-state index contributed by atoms with van der Waals surface area (Å²) in [6.45, 7) is 1.09. The Labute approximate surface area is 146 Å². The number of nitriles is 1. The number of esters is 1. The monoisotopic (exact) mass is 343 g/mol. The minimum absolute atomic E-state index is 0.0112. The van der Waals surface area contributed by atoms with Gasteiger partial charge < -0.3 is 15.0 Å². The van der Waals surface area contributed by atoms with Crippen LogP contribution in [0.4, 0.5) is 0 Å². The molecule has 0 saturated carbocycles. The van der Waals surface area contributed by atoms with Gasteiger partial charge in [0, 0.05) is 31.1 Å². The molecule has 1 aliphatic rings. The standard InChI is InChI=1S/C18H21N3O4/c1-25-17(23)6-5-16(22)21-9-7-15(8-10-21)20-18(24)14-4-2-3-13(11-14)12-19/h2-4,11,15H,5-10H2,1H3,(H,20,24). The van der Waals surface area contributed by atoms with Gasteiger partial charge in [0.25, 0.3) is 5.91 Å². The number of nitrogens with zero attached hydrogens (tertiary/aromatic N) is 2. The lowest BCUT2D eigenvalue weighted by Gasteiger charge is -2.32. The van der Waals surface area contributed by atoms with Crippen molar-refractivity contribution >= 4 is 17.8 Å². The molecule has 2 rings (SSSR count). The van der Waals surface area contributed by atoms with E-state index in [2.05, 4.69) is 10.1 Å². The summed E-state index contributed by atoms with van der Waals surface area (Å²) in [6.07, 6.45) is 1.55. The molecule has 1 N–H and O–H groups in total. The van der Waals surface area contributed by atoms with Crippen LogP contribution in [0.5, 0.6) is 0 Å². The maximum atomic E-state index is 12.3. The minimum atomic E-state index is -0.393. The van der Waals surface area contributed by atoms with Crippen LogP contribution in [0.25, 0.3) is 0 Å². The van der Waals surface area contributed by atoms with E-state index in [0.29, 0.717) is 37.1 Å². The number of benzene rings is 1. The summed E-state index contributed by atoms with van der Waals surface area (Å²) >= 11 is 0. The van der Waals surface area contributed by atoms with Crippen molar-refractivity contribution in [3.05, 3.63) is 35.4 Å². The maximum absolute atomic E-state index is 12.3. The van der Waals surface area contributed by atoms with Crippen LogP contribution in [-0.4, -0.2) is 48.9 Å². The molecule has 0 aliphatic carbocycles. The normalized spacial score (nSPS) is 14.5. The summed E-state index contributed by atoms with van der Waals surface area (Å²) in [5, 5.41) is 11.8. The number of ether oxygens (including phenoxy) is 1. The summed E-state index contributed by atoms with van der Waals surface area (Å²) in [7, 11) is 1.30. The quantitative estimate of drug-likeness (QED) is 0.811. The topological polar surface area (TPSA) is 99.5 Å². The second-order valence-corrected chi connectivity index (χ2v) is 5.90. The van der Waals surface area contributed by atoms with E-state index in [1.807, 2.05) is 6.07 Å². The first kappa shape index (κ1) is 18.5. The van der Waals surface area contributed by atoms with Gasteiger partial charge in [-0.05, 0) is 31.0 Å². The van der Waals surface area contributed by atoms with Gasteiger partial charge in [0.1, 0.15) is 0 Å². The third-order valence-corrected chi connectivity index (χ3v) is 4.21. The van der Waals surface area contributed by atoms with E-state index in [0.717, 1.165) is 0 Å². The highest BCUT2D eigenvalue weighted by Gasteiger charge is 2.24. The number of piperidine rings is 1. The molecular formula is C18H21N3O4. The molecule has 25 heavy (non-hydrogen) atoms. The third kappa shape index (κ3) is 5.31. The van der Waals surface area contributed by atoms with Gasteiger partial charge in [-0.2, -0.15) is 5.26 Å². The smallest absolute Gasteiger partial charge is 0.306 e. The summed E-state index contributed by atoms with van der Waals surface area (Å²) in [6, 6.07) is 8.55. The van der Waals surface area contributed by atoms with Crippen molar-refractivity contribution in [1.82, 2.24) is 10.2 Å². The fourth-order valence-corrected chi connectivity index (χ4v) is 2.74. The lowest BCUT2D eigenvalue weighted by atomic mass is 10.0.